The third kappa shape index (κ3) is 6.59. The number of ether oxygens (including phenoxy) is 1. The van der Waals surface area contributed by atoms with Gasteiger partial charge in [-0.15, -0.1) is 11.3 Å². The molecular formula is C26H32N4O2S. The SMILES string of the molecule is CN1CCC(c2cnc(C3=CC(OCc4cccc(C#CC(C)(C)O)c4)C(N)N=C3)s2)CC1. The third-order valence-corrected chi connectivity index (χ3v) is 7.05. The molecule has 0 saturated carbocycles. The maximum Gasteiger partial charge on any atom is 0.127 e. The van der Waals surface area contributed by atoms with Crippen LogP contribution in [0.5, 0.6) is 0 Å². The van der Waals surface area contributed by atoms with Crippen LogP contribution < -0.4 is 5.73 Å². The number of hydrogen-bond acceptors (Lipinski definition) is 7. The molecule has 1 saturated heterocycles. The summed E-state index contributed by atoms with van der Waals surface area (Å²) in [5.74, 6) is 6.44. The van der Waals surface area contributed by atoms with Gasteiger partial charge in [0, 0.05) is 28.4 Å². The summed E-state index contributed by atoms with van der Waals surface area (Å²) in [6.45, 7) is 6.01. The Morgan fingerprint density at radius 1 is 1.30 bits per heavy atom. The Morgan fingerprint density at radius 2 is 2.09 bits per heavy atom. The summed E-state index contributed by atoms with van der Waals surface area (Å²) in [4.78, 5) is 12.9. The molecule has 2 aliphatic heterocycles. The normalized spacial score (nSPS) is 22.0. The summed E-state index contributed by atoms with van der Waals surface area (Å²) in [6.07, 6.45) is 7.46. The number of rotatable bonds is 5. The molecule has 2 aliphatic rings. The van der Waals surface area contributed by atoms with Gasteiger partial charge >= 0.3 is 0 Å². The summed E-state index contributed by atoms with van der Waals surface area (Å²) in [7, 11) is 2.18. The lowest BCUT2D eigenvalue weighted by molar-refractivity contribution is 0.0567. The maximum absolute atomic E-state index is 9.82. The van der Waals surface area contributed by atoms with Crippen molar-refractivity contribution in [3.05, 3.63) is 57.6 Å². The Morgan fingerprint density at radius 3 is 2.85 bits per heavy atom. The number of thiazole rings is 1. The summed E-state index contributed by atoms with van der Waals surface area (Å²) in [6, 6.07) is 7.82. The molecule has 1 aromatic heterocycles. The number of nitrogens with two attached hydrogens (primary N) is 1. The van der Waals surface area contributed by atoms with E-state index >= 15 is 0 Å². The monoisotopic (exact) mass is 464 g/mol. The molecule has 1 fully saturated rings. The maximum atomic E-state index is 9.82. The van der Waals surface area contributed by atoms with Crippen LogP contribution in [-0.2, 0) is 11.3 Å². The fraction of sp³-hybridized carbons (Fsp3) is 0.462. The van der Waals surface area contributed by atoms with E-state index in [9.17, 15) is 5.11 Å². The first-order valence-electron chi connectivity index (χ1n) is 11.4. The minimum absolute atomic E-state index is 0.327. The van der Waals surface area contributed by atoms with Crippen molar-refractivity contribution in [1.29, 1.82) is 0 Å². The van der Waals surface area contributed by atoms with Gasteiger partial charge in [-0.25, -0.2) is 4.98 Å². The van der Waals surface area contributed by atoms with E-state index in [4.69, 9.17) is 10.5 Å². The molecule has 6 nitrogen and oxygen atoms in total. The van der Waals surface area contributed by atoms with Crippen LogP contribution >= 0.6 is 11.3 Å². The van der Waals surface area contributed by atoms with Crippen molar-refractivity contribution in [3.8, 4) is 11.8 Å². The summed E-state index contributed by atoms with van der Waals surface area (Å²) in [5, 5.41) is 10.8. The first-order valence-corrected chi connectivity index (χ1v) is 12.2. The zero-order valence-electron chi connectivity index (χ0n) is 19.5. The third-order valence-electron chi connectivity index (χ3n) is 5.84. The number of aliphatic hydroxyl groups is 1. The van der Waals surface area contributed by atoms with E-state index in [2.05, 4.69) is 33.8 Å². The molecule has 0 spiro atoms. The lowest BCUT2D eigenvalue weighted by Crippen LogP contribution is -2.36. The Balaban J connectivity index is 1.41. The lowest BCUT2D eigenvalue weighted by atomic mass is 9.96. The van der Waals surface area contributed by atoms with Gasteiger partial charge in [0.05, 0.1) is 6.61 Å². The second kappa shape index (κ2) is 10.3. The Hall–Kier alpha value is -2.34. The molecule has 3 heterocycles. The molecule has 7 heteroatoms. The van der Waals surface area contributed by atoms with Crippen LogP contribution in [0, 0.1) is 11.8 Å². The molecule has 0 amide bonds. The first kappa shape index (κ1) is 23.8. The van der Waals surface area contributed by atoms with E-state index in [1.165, 1.54) is 17.7 Å². The van der Waals surface area contributed by atoms with Crippen molar-refractivity contribution in [2.24, 2.45) is 10.7 Å². The number of benzene rings is 1. The molecule has 3 N–H and O–H groups in total. The lowest BCUT2D eigenvalue weighted by Gasteiger charge is -2.27. The van der Waals surface area contributed by atoms with Crippen LogP contribution in [0.4, 0.5) is 0 Å². The fourth-order valence-corrected chi connectivity index (χ4v) is 4.98. The van der Waals surface area contributed by atoms with Gasteiger partial charge in [-0.1, -0.05) is 24.0 Å². The number of aromatic nitrogens is 1. The van der Waals surface area contributed by atoms with Crippen LogP contribution in [0.1, 0.15) is 53.6 Å². The Bertz CT molecular complexity index is 1080. The topological polar surface area (TPSA) is 84.0 Å². The van der Waals surface area contributed by atoms with Gasteiger partial charge in [0.25, 0.3) is 0 Å². The van der Waals surface area contributed by atoms with Crippen LogP contribution in [0.3, 0.4) is 0 Å². The minimum atomic E-state index is -1.02. The van der Waals surface area contributed by atoms with Crippen LogP contribution in [0.25, 0.3) is 5.57 Å². The number of dihydropyridines is 1. The van der Waals surface area contributed by atoms with E-state index in [1.54, 1.807) is 25.2 Å². The second-order valence-corrected chi connectivity index (χ2v) is 10.4. The second-order valence-electron chi connectivity index (χ2n) is 9.32. The van der Waals surface area contributed by atoms with Gasteiger partial charge in [0.1, 0.15) is 22.9 Å². The highest BCUT2D eigenvalue weighted by molar-refractivity contribution is 7.13. The quantitative estimate of drug-likeness (QED) is 0.663. The van der Waals surface area contributed by atoms with E-state index < -0.39 is 11.8 Å². The number of aliphatic imine (C=N–C) groups is 1. The van der Waals surface area contributed by atoms with Crippen molar-refractivity contribution in [3.63, 3.8) is 0 Å². The molecule has 33 heavy (non-hydrogen) atoms. The van der Waals surface area contributed by atoms with Crippen molar-refractivity contribution < 1.29 is 9.84 Å². The van der Waals surface area contributed by atoms with E-state index in [0.29, 0.717) is 12.5 Å². The average molecular weight is 465 g/mol. The number of nitrogens with zero attached hydrogens (tertiary/aromatic N) is 3. The smallest absolute Gasteiger partial charge is 0.127 e. The summed E-state index contributed by atoms with van der Waals surface area (Å²) >= 11 is 1.75. The molecule has 0 aliphatic carbocycles. The summed E-state index contributed by atoms with van der Waals surface area (Å²) in [5.41, 5.74) is 7.98. The molecule has 0 radical (unpaired) electrons. The zero-order valence-corrected chi connectivity index (χ0v) is 20.3. The zero-order chi connectivity index (χ0) is 23.4. The van der Waals surface area contributed by atoms with Gasteiger partial charge in [-0.2, -0.15) is 0 Å². The predicted molar refractivity (Wildman–Crippen MR) is 134 cm³/mol. The number of hydrogen-bond donors (Lipinski definition) is 2. The van der Waals surface area contributed by atoms with Crippen molar-refractivity contribution in [1.82, 2.24) is 9.88 Å². The van der Waals surface area contributed by atoms with Crippen LogP contribution in [0.2, 0.25) is 0 Å². The Kier molecular flexibility index (Phi) is 7.42. The highest BCUT2D eigenvalue weighted by atomic mass is 32.1. The molecule has 2 atom stereocenters. The molecule has 4 rings (SSSR count). The Labute approximate surface area is 200 Å². The standard InChI is InChI=1S/C26H32N4O2S/c1-26(2,31)10-7-18-5-4-6-19(13-18)17-32-22-14-21(15-28-24(22)27)25-29-16-23(33-25)20-8-11-30(3)12-9-20/h4-6,13-16,20,22,24,31H,8-9,11-12,17,27H2,1-3H3. The van der Waals surface area contributed by atoms with E-state index in [0.717, 1.165) is 34.8 Å². The van der Waals surface area contributed by atoms with E-state index in [1.807, 2.05) is 42.8 Å². The molecule has 2 aromatic rings. The van der Waals surface area contributed by atoms with Gasteiger partial charge in [-0.3, -0.25) is 4.99 Å². The average Bonchev–Trinajstić information content (AvgIpc) is 3.28. The highest BCUT2D eigenvalue weighted by Crippen LogP contribution is 2.34. The fourth-order valence-electron chi connectivity index (χ4n) is 3.90. The van der Waals surface area contributed by atoms with E-state index in [-0.39, 0.29) is 6.10 Å². The number of piperidine rings is 1. The van der Waals surface area contributed by atoms with Gasteiger partial charge in [0.2, 0.25) is 0 Å². The number of likely N-dealkylation sites (tertiary alicyclic amines) is 1. The van der Waals surface area contributed by atoms with Gasteiger partial charge < -0.3 is 20.5 Å². The first-order chi connectivity index (χ1) is 15.8. The minimum Gasteiger partial charge on any atom is -0.378 e. The number of allylic oxidation sites excluding steroid dienone is 1. The van der Waals surface area contributed by atoms with Crippen molar-refractivity contribution in [2.75, 3.05) is 20.1 Å². The molecule has 1 aromatic carbocycles. The van der Waals surface area contributed by atoms with Gasteiger partial charge in [-0.05, 0) is 76.5 Å². The molecule has 0 bridgehead atoms. The molecule has 2 unspecified atom stereocenters. The van der Waals surface area contributed by atoms with Gasteiger partial charge in [0.15, 0.2) is 0 Å². The highest BCUT2D eigenvalue weighted by Gasteiger charge is 2.24. The molecular weight excluding hydrogens is 432 g/mol. The summed E-state index contributed by atoms with van der Waals surface area (Å²) < 4.78 is 6.13. The largest absolute Gasteiger partial charge is 0.378 e. The van der Waals surface area contributed by atoms with Crippen molar-refractivity contribution >= 4 is 23.1 Å². The van der Waals surface area contributed by atoms with Crippen molar-refractivity contribution in [2.45, 2.75) is 57.1 Å². The van der Waals surface area contributed by atoms with Crippen LogP contribution in [0.15, 0.2) is 41.5 Å². The predicted octanol–water partition coefficient (Wildman–Crippen LogP) is 3.41. The van der Waals surface area contributed by atoms with Crippen LogP contribution in [-0.4, -0.2) is 59.2 Å². The molecule has 174 valence electrons.